The van der Waals surface area contributed by atoms with Crippen LogP contribution in [0, 0.1) is 0 Å². The molecular formula is C29H34N4O3. The van der Waals surface area contributed by atoms with Crippen molar-refractivity contribution in [3.05, 3.63) is 101 Å². The Bertz CT molecular complexity index is 1350. The molecule has 36 heavy (non-hydrogen) atoms. The third-order valence-electron chi connectivity index (χ3n) is 7.18. The van der Waals surface area contributed by atoms with Crippen molar-refractivity contribution in [2.24, 2.45) is 0 Å². The highest BCUT2D eigenvalue weighted by Gasteiger charge is 2.28. The van der Waals surface area contributed by atoms with Gasteiger partial charge in [0, 0.05) is 33.4 Å². The maximum Gasteiger partial charge on any atom is 0.264 e. The Morgan fingerprint density at radius 1 is 1.03 bits per heavy atom. The minimum absolute atomic E-state index is 0.136. The van der Waals surface area contributed by atoms with Gasteiger partial charge in [-0.25, -0.2) is 0 Å². The van der Waals surface area contributed by atoms with Gasteiger partial charge < -0.3 is 24.0 Å². The molecule has 0 saturated heterocycles. The van der Waals surface area contributed by atoms with E-state index in [-0.39, 0.29) is 29.7 Å². The number of fused-ring (bicyclic) bond motifs is 1. The fraction of sp³-hybridized carbons (Fsp3) is 0.310. The normalized spacial score (nSPS) is 14.0. The number of likely N-dealkylation sites (N-methyl/N-ethyl adjacent to an activating group) is 1. The van der Waals surface area contributed by atoms with Crippen LogP contribution in [0.1, 0.15) is 36.7 Å². The van der Waals surface area contributed by atoms with Crippen LogP contribution in [0.15, 0.2) is 84.1 Å². The van der Waals surface area contributed by atoms with Crippen LogP contribution < -0.4 is 20.1 Å². The van der Waals surface area contributed by atoms with Crippen molar-refractivity contribution in [2.75, 3.05) is 37.5 Å². The Balaban J connectivity index is 1.49. The molecule has 7 heteroatoms. The van der Waals surface area contributed by atoms with E-state index in [0.717, 1.165) is 22.8 Å². The van der Waals surface area contributed by atoms with Crippen molar-refractivity contribution in [3.8, 4) is 5.75 Å². The molecule has 1 aromatic heterocycles. The highest BCUT2D eigenvalue weighted by molar-refractivity contribution is 5.93. The van der Waals surface area contributed by atoms with Gasteiger partial charge in [-0.05, 0) is 50.6 Å². The number of ether oxygens (including phenoxy) is 1. The molecule has 1 aliphatic rings. The predicted octanol–water partition coefficient (Wildman–Crippen LogP) is 4.53. The molecule has 1 atom stereocenters. The third-order valence-corrected chi connectivity index (χ3v) is 7.18. The fourth-order valence-corrected chi connectivity index (χ4v) is 4.45. The molecule has 1 amide bonds. The SMILES string of the molecule is C=C1N(C)c2ccc(OCC(C)N(C)C(=O)c3cccn(C(C)(C)c4ccccc4)c3=O)cc2N1C. The lowest BCUT2D eigenvalue weighted by atomic mass is 9.93. The van der Waals surface area contributed by atoms with Crippen molar-refractivity contribution < 1.29 is 9.53 Å². The van der Waals surface area contributed by atoms with Crippen LogP contribution in [0.2, 0.25) is 0 Å². The standard InChI is InChI=1S/C29H34N4O3/c1-20(19-36-23-15-16-25-26(18-23)32(7)21(2)31(25)6)30(5)27(34)24-14-11-17-33(28(24)35)29(3,4)22-12-9-8-10-13-22/h8-18,20H,2,19H2,1,3-7H3. The average molecular weight is 487 g/mol. The van der Waals surface area contributed by atoms with Crippen LogP contribution in [-0.4, -0.2) is 49.2 Å². The molecule has 3 aromatic rings. The highest BCUT2D eigenvalue weighted by atomic mass is 16.5. The van der Waals surface area contributed by atoms with E-state index < -0.39 is 5.54 Å². The summed E-state index contributed by atoms with van der Waals surface area (Å²) < 4.78 is 7.65. The van der Waals surface area contributed by atoms with E-state index in [1.54, 1.807) is 34.8 Å². The van der Waals surface area contributed by atoms with E-state index >= 15 is 0 Å². The number of benzene rings is 2. The molecule has 2 aromatic carbocycles. The van der Waals surface area contributed by atoms with Crippen molar-refractivity contribution in [2.45, 2.75) is 32.4 Å². The molecule has 188 valence electrons. The summed E-state index contributed by atoms with van der Waals surface area (Å²) in [7, 11) is 5.65. The minimum Gasteiger partial charge on any atom is -0.491 e. The van der Waals surface area contributed by atoms with Gasteiger partial charge in [0.15, 0.2) is 0 Å². The maximum atomic E-state index is 13.4. The van der Waals surface area contributed by atoms with Gasteiger partial charge in [-0.15, -0.1) is 0 Å². The second kappa shape index (κ2) is 9.57. The van der Waals surface area contributed by atoms with Gasteiger partial charge in [-0.2, -0.15) is 0 Å². The fourth-order valence-electron chi connectivity index (χ4n) is 4.45. The number of hydrogen-bond donors (Lipinski definition) is 0. The molecule has 1 aliphatic heterocycles. The summed E-state index contributed by atoms with van der Waals surface area (Å²) in [5, 5.41) is 0. The first-order valence-corrected chi connectivity index (χ1v) is 12.0. The summed E-state index contributed by atoms with van der Waals surface area (Å²) in [5.74, 6) is 1.27. The van der Waals surface area contributed by atoms with E-state index in [1.807, 2.05) is 93.2 Å². The second-order valence-corrected chi connectivity index (χ2v) is 9.78. The first-order chi connectivity index (χ1) is 17.0. The molecule has 0 fully saturated rings. The van der Waals surface area contributed by atoms with Gasteiger partial charge in [0.2, 0.25) is 0 Å². The Morgan fingerprint density at radius 2 is 1.69 bits per heavy atom. The van der Waals surface area contributed by atoms with Crippen LogP contribution in [0.4, 0.5) is 11.4 Å². The average Bonchev–Trinajstić information content (AvgIpc) is 3.10. The number of hydrogen-bond acceptors (Lipinski definition) is 5. The van der Waals surface area contributed by atoms with Gasteiger partial charge in [0.05, 0.1) is 23.0 Å². The molecule has 0 radical (unpaired) electrons. The van der Waals surface area contributed by atoms with Crippen molar-refractivity contribution in [1.82, 2.24) is 9.47 Å². The zero-order valence-corrected chi connectivity index (χ0v) is 21.9. The number of pyridine rings is 1. The Hall–Kier alpha value is -4.00. The molecule has 2 heterocycles. The predicted molar refractivity (Wildman–Crippen MR) is 145 cm³/mol. The summed E-state index contributed by atoms with van der Waals surface area (Å²) in [6, 6.07) is 18.8. The lowest BCUT2D eigenvalue weighted by molar-refractivity contribution is 0.0694. The van der Waals surface area contributed by atoms with Crippen LogP contribution >= 0.6 is 0 Å². The van der Waals surface area contributed by atoms with Crippen molar-refractivity contribution in [3.63, 3.8) is 0 Å². The molecule has 0 saturated carbocycles. The van der Waals surface area contributed by atoms with Crippen LogP contribution in [0.5, 0.6) is 5.75 Å². The summed E-state index contributed by atoms with van der Waals surface area (Å²) in [5.41, 5.74) is 2.28. The monoisotopic (exact) mass is 486 g/mol. The molecule has 1 unspecified atom stereocenters. The molecule has 0 aliphatic carbocycles. The quantitative estimate of drug-likeness (QED) is 0.491. The smallest absolute Gasteiger partial charge is 0.264 e. The van der Waals surface area contributed by atoms with E-state index in [9.17, 15) is 9.59 Å². The second-order valence-electron chi connectivity index (χ2n) is 9.78. The summed E-state index contributed by atoms with van der Waals surface area (Å²) in [4.78, 5) is 32.3. The number of anilines is 2. The number of nitrogens with zero attached hydrogens (tertiary/aromatic N) is 4. The van der Waals surface area contributed by atoms with Gasteiger partial charge in [0.25, 0.3) is 11.5 Å². The molecule has 0 N–H and O–H groups in total. The lowest BCUT2D eigenvalue weighted by Crippen LogP contribution is -2.44. The van der Waals surface area contributed by atoms with E-state index in [1.165, 1.54) is 0 Å². The van der Waals surface area contributed by atoms with E-state index in [0.29, 0.717) is 5.75 Å². The lowest BCUT2D eigenvalue weighted by Gasteiger charge is -2.29. The largest absolute Gasteiger partial charge is 0.491 e. The minimum atomic E-state index is -0.609. The molecule has 7 nitrogen and oxygen atoms in total. The maximum absolute atomic E-state index is 13.4. The van der Waals surface area contributed by atoms with Crippen LogP contribution in [0.25, 0.3) is 0 Å². The Labute approximate surface area is 212 Å². The Morgan fingerprint density at radius 3 is 2.39 bits per heavy atom. The first-order valence-electron chi connectivity index (χ1n) is 12.0. The molecular weight excluding hydrogens is 452 g/mol. The number of carbonyl (C=O) groups is 1. The number of amides is 1. The summed E-state index contributed by atoms with van der Waals surface area (Å²) in [6.45, 7) is 10.2. The van der Waals surface area contributed by atoms with Crippen LogP contribution in [-0.2, 0) is 5.54 Å². The molecule has 4 rings (SSSR count). The molecule has 0 spiro atoms. The number of carbonyl (C=O) groups excluding carboxylic acids is 1. The van der Waals surface area contributed by atoms with E-state index in [4.69, 9.17) is 4.74 Å². The zero-order chi connectivity index (χ0) is 26.2. The zero-order valence-electron chi connectivity index (χ0n) is 21.9. The number of rotatable bonds is 7. The summed E-state index contributed by atoms with van der Waals surface area (Å²) in [6.07, 6.45) is 1.73. The third kappa shape index (κ3) is 4.37. The van der Waals surface area contributed by atoms with Crippen LogP contribution in [0.3, 0.4) is 0 Å². The van der Waals surface area contributed by atoms with Gasteiger partial charge in [-0.1, -0.05) is 36.9 Å². The van der Waals surface area contributed by atoms with Gasteiger partial charge >= 0.3 is 0 Å². The first kappa shape index (κ1) is 25.1. The van der Waals surface area contributed by atoms with Crippen molar-refractivity contribution in [1.29, 1.82) is 0 Å². The van der Waals surface area contributed by atoms with Gasteiger partial charge in [0.1, 0.15) is 23.7 Å². The number of aromatic nitrogens is 1. The summed E-state index contributed by atoms with van der Waals surface area (Å²) >= 11 is 0. The highest BCUT2D eigenvalue weighted by Crippen LogP contribution is 2.41. The van der Waals surface area contributed by atoms with E-state index in [2.05, 4.69) is 6.58 Å². The molecule has 0 bridgehead atoms. The Kier molecular flexibility index (Phi) is 6.67. The van der Waals surface area contributed by atoms with Crippen molar-refractivity contribution >= 4 is 17.3 Å². The van der Waals surface area contributed by atoms with Gasteiger partial charge in [-0.3, -0.25) is 9.59 Å². The topological polar surface area (TPSA) is 58.0 Å².